The zero-order chi connectivity index (χ0) is 35.4. The van der Waals surface area contributed by atoms with E-state index < -0.39 is 40.0 Å². The Kier molecular flexibility index (Phi) is 9.16. The molecule has 2 aromatic heterocycles. The van der Waals surface area contributed by atoms with Crippen LogP contribution in [0.3, 0.4) is 0 Å². The van der Waals surface area contributed by atoms with Crippen LogP contribution in [0.4, 0.5) is 34.1 Å². The average molecular weight is 704 g/mol. The Morgan fingerprint density at radius 2 is 1.71 bits per heavy atom. The van der Waals surface area contributed by atoms with Crippen molar-refractivity contribution in [2.45, 2.75) is 51.6 Å². The van der Waals surface area contributed by atoms with Gasteiger partial charge < -0.3 is 24.5 Å². The number of aromatic hydroxyl groups is 1. The van der Waals surface area contributed by atoms with Crippen molar-refractivity contribution in [3.05, 3.63) is 47.7 Å². The molecule has 0 bridgehead atoms. The van der Waals surface area contributed by atoms with E-state index in [0.717, 1.165) is 25.2 Å². The monoisotopic (exact) mass is 703 g/mol. The number of phenolic OH excluding ortho intramolecular Hbond substituents is 1. The first-order chi connectivity index (χ1) is 23.1. The SMILES string of the molecule is CCN(CC)C1CN(c2nc(N3CCN(C(=O)OC(C)(C)C)CC3)c3cnc(-c4cc(O)cc5ccc(F)c(F)c45)c(C(F)(F)Cl)c3n2)C1. The van der Waals surface area contributed by atoms with Gasteiger partial charge in [0, 0.05) is 62.5 Å². The van der Waals surface area contributed by atoms with Crippen molar-refractivity contribution < 1.29 is 32.2 Å². The normalized spacial score (nSPS) is 16.2. The lowest BCUT2D eigenvalue weighted by molar-refractivity contribution is 0.0240. The molecule has 1 N–H and O–H groups in total. The Bertz CT molecular complexity index is 1900. The predicted octanol–water partition coefficient (Wildman–Crippen LogP) is 6.70. The van der Waals surface area contributed by atoms with Gasteiger partial charge in [-0.3, -0.25) is 9.88 Å². The number of ether oxygens (including phenoxy) is 1. The topological polar surface area (TPSA) is 98.2 Å². The standard InChI is InChI=1S/C34H38ClF4N7O3/c1-6-43(7-2)20-17-46(18-20)31-41-29-23(30(42-31)44-10-12-45(13-11-44)32(48)49-33(3,4)5)16-40-28(26(29)34(35,38)39)22-15-21(47)14-19-8-9-24(36)27(37)25(19)22/h8-9,14-16,20,47H,6-7,10-13,17-18H2,1-5H3. The van der Waals surface area contributed by atoms with Crippen LogP contribution in [0.2, 0.25) is 0 Å². The number of nitrogens with zero attached hydrogens (tertiary/aromatic N) is 7. The minimum Gasteiger partial charge on any atom is -0.508 e. The van der Waals surface area contributed by atoms with Gasteiger partial charge in [-0.2, -0.15) is 13.8 Å². The first-order valence-electron chi connectivity index (χ1n) is 16.2. The second kappa shape index (κ2) is 12.9. The Morgan fingerprint density at radius 3 is 2.33 bits per heavy atom. The molecule has 1 amide bonds. The van der Waals surface area contributed by atoms with Gasteiger partial charge in [0.25, 0.3) is 0 Å². The fourth-order valence-electron chi connectivity index (χ4n) is 6.50. The largest absolute Gasteiger partial charge is 0.508 e. The molecular weight excluding hydrogens is 666 g/mol. The van der Waals surface area contributed by atoms with Gasteiger partial charge >= 0.3 is 11.5 Å². The van der Waals surface area contributed by atoms with Crippen LogP contribution in [0, 0.1) is 11.6 Å². The van der Waals surface area contributed by atoms with Crippen molar-refractivity contribution in [2.24, 2.45) is 0 Å². The third kappa shape index (κ3) is 6.72. The van der Waals surface area contributed by atoms with Crippen molar-refractivity contribution in [2.75, 3.05) is 62.2 Å². The quantitative estimate of drug-likeness (QED) is 0.167. The fraction of sp³-hybridized carbons (Fsp3) is 0.471. The second-order valence-electron chi connectivity index (χ2n) is 13.3. The van der Waals surface area contributed by atoms with Crippen LogP contribution < -0.4 is 9.80 Å². The highest BCUT2D eigenvalue weighted by atomic mass is 35.5. The van der Waals surface area contributed by atoms with E-state index in [1.54, 1.807) is 25.7 Å². The molecule has 0 unspecified atom stereocenters. The summed E-state index contributed by atoms with van der Waals surface area (Å²) in [5, 5.41) is 6.31. The van der Waals surface area contributed by atoms with Gasteiger partial charge in [0.05, 0.1) is 22.2 Å². The molecule has 10 nitrogen and oxygen atoms in total. The number of alkyl halides is 3. The summed E-state index contributed by atoms with van der Waals surface area (Å²) < 4.78 is 66.7. The first kappa shape index (κ1) is 34.7. The zero-order valence-electron chi connectivity index (χ0n) is 27.9. The van der Waals surface area contributed by atoms with Gasteiger partial charge in [0.1, 0.15) is 17.2 Å². The number of hydrogen-bond acceptors (Lipinski definition) is 9. The van der Waals surface area contributed by atoms with Crippen LogP contribution in [0.5, 0.6) is 5.75 Å². The number of amides is 1. The molecule has 262 valence electrons. The molecule has 2 aliphatic heterocycles. The van der Waals surface area contributed by atoms with E-state index in [1.807, 2.05) is 9.80 Å². The summed E-state index contributed by atoms with van der Waals surface area (Å²) in [6.07, 6.45) is 0.846. The Balaban J connectivity index is 1.51. The molecule has 0 spiro atoms. The number of phenols is 1. The molecule has 2 fully saturated rings. The van der Waals surface area contributed by atoms with Crippen molar-refractivity contribution >= 4 is 51.1 Å². The summed E-state index contributed by atoms with van der Waals surface area (Å²) in [6.45, 7) is 13.5. The van der Waals surface area contributed by atoms with E-state index in [1.165, 1.54) is 18.3 Å². The van der Waals surface area contributed by atoms with Crippen molar-refractivity contribution in [3.8, 4) is 17.0 Å². The number of fused-ring (bicyclic) bond motifs is 2. The van der Waals surface area contributed by atoms with Crippen LogP contribution in [-0.4, -0.2) is 100.0 Å². The van der Waals surface area contributed by atoms with Crippen LogP contribution in [0.1, 0.15) is 40.2 Å². The van der Waals surface area contributed by atoms with E-state index in [4.69, 9.17) is 21.3 Å². The molecule has 2 aromatic carbocycles. The number of pyridine rings is 1. The minimum absolute atomic E-state index is 0.0783. The number of carbonyl (C=O) groups is 1. The van der Waals surface area contributed by atoms with Crippen LogP contribution in [0.25, 0.3) is 32.9 Å². The summed E-state index contributed by atoms with van der Waals surface area (Å²) >= 11 is 5.83. The molecule has 0 radical (unpaired) electrons. The van der Waals surface area contributed by atoms with Gasteiger partial charge in [-0.05, 0) is 69.0 Å². The van der Waals surface area contributed by atoms with E-state index >= 15 is 13.2 Å². The molecular formula is C34H38ClF4N7O3. The number of rotatable bonds is 7. The highest BCUT2D eigenvalue weighted by Gasteiger charge is 2.39. The Labute approximate surface area is 286 Å². The highest BCUT2D eigenvalue weighted by Crippen LogP contribution is 2.46. The van der Waals surface area contributed by atoms with Gasteiger partial charge in [-0.1, -0.05) is 19.9 Å². The zero-order valence-corrected chi connectivity index (χ0v) is 28.7. The number of anilines is 2. The molecule has 49 heavy (non-hydrogen) atoms. The Morgan fingerprint density at radius 1 is 1.04 bits per heavy atom. The minimum atomic E-state index is -4.08. The van der Waals surface area contributed by atoms with Crippen LogP contribution >= 0.6 is 11.6 Å². The summed E-state index contributed by atoms with van der Waals surface area (Å²) in [5.41, 5.74) is -2.47. The van der Waals surface area contributed by atoms with Gasteiger partial charge in [-0.25, -0.2) is 18.6 Å². The molecule has 4 heterocycles. The summed E-state index contributed by atoms with van der Waals surface area (Å²) in [4.78, 5) is 34.2. The van der Waals surface area contributed by atoms with Gasteiger partial charge in [0.15, 0.2) is 11.6 Å². The maximum absolute atomic E-state index is 15.7. The van der Waals surface area contributed by atoms with Gasteiger partial charge in [0.2, 0.25) is 5.95 Å². The van der Waals surface area contributed by atoms with E-state index in [2.05, 4.69) is 28.7 Å². The fourth-order valence-corrected chi connectivity index (χ4v) is 6.68. The predicted molar refractivity (Wildman–Crippen MR) is 181 cm³/mol. The molecule has 0 aliphatic carbocycles. The lowest BCUT2D eigenvalue weighted by Crippen LogP contribution is -2.60. The summed E-state index contributed by atoms with van der Waals surface area (Å²) in [5.74, 6) is -2.34. The van der Waals surface area contributed by atoms with E-state index in [0.29, 0.717) is 32.0 Å². The lowest BCUT2D eigenvalue weighted by Gasteiger charge is -2.45. The van der Waals surface area contributed by atoms with Crippen molar-refractivity contribution in [1.29, 1.82) is 0 Å². The molecule has 4 aromatic rings. The number of likely N-dealkylation sites (N-methyl/N-ethyl adjacent to an activating group) is 1. The maximum atomic E-state index is 15.7. The number of hydrogen-bond donors (Lipinski definition) is 1. The van der Waals surface area contributed by atoms with Crippen LogP contribution in [-0.2, 0) is 10.1 Å². The number of carbonyl (C=O) groups excluding carboxylic acids is 1. The lowest BCUT2D eigenvalue weighted by atomic mass is 9.96. The third-order valence-electron chi connectivity index (χ3n) is 8.95. The summed E-state index contributed by atoms with van der Waals surface area (Å²) in [7, 11) is 0. The van der Waals surface area contributed by atoms with Gasteiger partial charge in [-0.15, -0.1) is 0 Å². The molecule has 2 aliphatic rings. The molecule has 6 rings (SSSR count). The average Bonchev–Trinajstić information content (AvgIpc) is 3.01. The summed E-state index contributed by atoms with van der Waals surface area (Å²) in [6, 6.07) is 4.59. The maximum Gasteiger partial charge on any atom is 0.410 e. The van der Waals surface area contributed by atoms with E-state index in [-0.39, 0.29) is 58.1 Å². The third-order valence-corrected chi connectivity index (χ3v) is 9.13. The number of benzene rings is 2. The second-order valence-corrected chi connectivity index (χ2v) is 13.8. The molecule has 2 saturated heterocycles. The molecule has 15 heteroatoms. The van der Waals surface area contributed by atoms with E-state index in [9.17, 15) is 14.3 Å². The van der Waals surface area contributed by atoms with Crippen molar-refractivity contribution in [1.82, 2.24) is 24.8 Å². The molecule has 0 atom stereocenters. The number of aromatic nitrogens is 3. The first-order valence-corrected chi connectivity index (χ1v) is 16.6. The molecule has 0 saturated carbocycles. The van der Waals surface area contributed by atoms with Crippen molar-refractivity contribution in [3.63, 3.8) is 0 Å². The van der Waals surface area contributed by atoms with Crippen LogP contribution in [0.15, 0.2) is 30.5 Å². The Hall–Kier alpha value is -4.17. The number of halogens is 5. The number of piperazine rings is 1. The highest BCUT2D eigenvalue weighted by molar-refractivity contribution is 6.23. The smallest absolute Gasteiger partial charge is 0.410 e.